The maximum atomic E-state index is 4.66. The highest BCUT2D eigenvalue weighted by molar-refractivity contribution is 5.35. The third kappa shape index (κ3) is 4.15. The van der Waals surface area contributed by atoms with Crippen LogP contribution in [0.2, 0.25) is 0 Å². The summed E-state index contributed by atoms with van der Waals surface area (Å²) in [4.78, 5) is 14.1. The van der Waals surface area contributed by atoms with E-state index in [0.29, 0.717) is 6.04 Å². The Morgan fingerprint density at radius 2 is 2.10 bits per heavy atom. The monoisotopic (exact) mass is 277 g/mol. The molecule has 0 spiro atoms. The second-order valence-electron chi connectivity index (χ2n) is 5.84. The van der Waals surface area contributed by atoms with Crippen molar-refractivity contribution >= 4 is 5.82 Å². The van der Waals surface area contributed by atoms with Crippen molar-refractivity contribution < 1.29 is 0 Å². The standard InChI is InChI=1S/C15H27N5/c1-5-6-16-14-9-12(2)17-15(18-14)10-13-11-19(3)7-8-20(13)4/h9,13H,5-8,10-11H2,1-4H3,(H,16,17,18). The molecule has 1 aliphatic rings. The van der Waals surface area contributed by atoms with Crippen molar-refractivity contribution in [3.63, 3.8) is 0 Å². The molecular weight excluding hydrogens is 250 g/mol. The first-order valence-corrected chi connectivity index (χ1v) is 7.55. The highest BCUT2D eigenvalue weighted by Gasteiger charge is 2.23. The van der Waals surface area contributed by atoms with Gasteiger partial charge in [-0.2, -0.15) is 0 Å². The molecule has 2 rings (SSSR count). The van der Waals surface area contributed by atoms with E-state index in [1.807, 2.05) is 13.0 Å². The van der Waals surface area contributed by atoms with Crippen LogP contribution in [0.4, 0.5) is 5.82 Å². The van der Waals surface area contributed by atoms with Crippen LogP contribution in [0.3, 0.4) is 0 Å². The van der Waals surface area contributed by atoms with E-state index in [1.54, 1.807) is 0 Å². The number of piperazine rings is 1. The van der Waals surface area contributed by atoms with Gasteiger partial charge in [-0.3, -0.25) is 0 Å². The quantitative estimate of drug-likeness (QED) is 0.881. The van der Waals surface area contributed by atoms with Crippen LogP contribution in [-0.2, 0) is 6.42 Å². The Hall–Kier alpha value is -1.20. The normalized spacial score (nSPS) is 21.1. The van der Waals surface area contributed by atoms with Gasteiger partial charge >= 0.3 is 0 Å². The fourth-order valence-corrected chi connectivity index (χ4v) is 2.60. The Balaban J connectivity index is 2.05. The number of anilines is 1. The minimum Gasteiger partial charge on any atom is -0.370 e. The van der Waals surface area contributed by atoms with E-state index in [0.717, 1.165) is 56.4 Å². The molecule has 5 nitrogen and oxygen atoms in total. The van der Waals surface area contributed by atoms with Crippen molar-refractivity contribution in [1.29, 1.82) is 0 Å². The van der Waals surface area contributed by atoms with Crippen molar-refractivity contribution in [2.75, 3.05) is 45.6 Å². The minimum absolute atomic E-state index is 0.509. The van der Waals surface area contributed by atoms with E-state index in [1.165, 1.54) is 0 Å². The highest BCUT2D eigenvalue weighted by Crippen LogP contribution is 2.13. The number of aryl methyl sites for hydroxylation is 1. The lowest BCUT2D eigenvalue weighted by Crippen LogP contribution is -2.51. The van der Waals surface area contributed by atoms with Crippen molar-refractivity contribution in [3.8, 4) is 0 Å². The number of hydrogen-bond acceptors (Lipinski definition) is 5. The van der Waals surface area contributed by atoms with Gasteiger partial charge in [-0.15, -0.1) is 0 Å². The van der Waals surface area contributed by atoms with E-state index >= 15 is 0 Å². The zero-order chi connectivity index (χ0) is 14.5. The van der Waals surface area contributed by atoms with Gasteiger partial charge in [0.05, 0.1) is 0 Å². The van der Waals surface area contributed by atoms with Crippen LogP contribution >= 0.6 is 0 Å². The summed E-state index contributed by atoms with van der Waals surface area (Å²) < 4.78 is 0. The summed E-state index contributed by atoms with van der Waals surface area (Å²) in [6.07, 6.45) is 2.03. The number of hydrogen-bond donors (Lipinski definition) is 1. The molecule has 1 unspecified atom stereocenters. The summed E-state index contributed by atoms with van der Waals surface area (Å²) >= 11 is 0. The molecule has 0 radical (unpaired) electrons. The highest BCUT2D eigenvalue weighted by atomic mass is 15.3. The van der Waals surface area contributed by atoms with Gasteiger partial charge in [0, 0.05) is 50.4 Å². The lowest BCUT2D eigenvalue weighted by atomic mass is 10.1. The van der Waals surface area contributed by atoms with Crippen LogP contribution in [0.5, 0.6) is 0 Å². The zero-order valence-corrected chi connectivity index (χ0v) is 13.2. The van der Waals surface area contributed by atoms with Gasteiger partial charge in [0.1, 0.15) is 11.6 Å². The molecule has 5 heteroatoms. The maximum absolute atomic E-state index is 4.66. The third-order valence-electron chi connectivity index (χ3n) is 3.86. The smallest absolute Gasteiger partial charge is 0.132 e. The Morgan fingerprint density at radius 3 is 2.85 bits per heavy atom. The molecule has 1 N–H and O–H groups in total. The fraction of sp³-hybridized carbons (Fsp3) is 0.733. The van der Waals surface area contributed by atoms with Crippen LogP contribution in [0.25, 0.3) is 0 Å². The van der Waals surface area contributed by atoms with Crippen molar-refractivity contribution in [2.45, 2.75) is 32.7 Å². The van der Waals surface area contributed by atoms with Gasteiger partial charge in [-0.1, -0.05) is 6.92 Å². The van der Waals surface area contributed by atoms with E-state index in [2.05, 4.69) is 46.1 Å². The molecule has 1 aliphatic heterocycles. The Bertz CT molecular complexity index is 434. The molecular formula is C15H27N5. The van der Waals surface area contributed by atoms with Crippen LogP contribution in [0.1, 0.15) is 24.9 Å². The van der Waals surface area contributed by atoms with Gasteiger partial charge in [-0.05, 0) is 27.4 Å². The Labute approximate surface area is 122 Å². The van der Waals surface area contributed by atoms with Crippen LogP contribution in [0.15, 0.2) is 6.07 Å². The van der Waals surface area contributed by atoms with Gasteiger partial charge in [0.25, 0.3) is 0 Å². The molecule has 0 aliphatic carbocycles. The number of aromatic nitrogens is 2. The number of nitrogens with zero attached hydrogens (tertiary/aromatic N) is 4. The molecule has 0 amide bonds. The summed E-state index contributed by atoms with van der Waals surface area (Å²) in [7, 11) is 4.38. The van der Waals surface area contributed by atoms with Crippen molar-refractivity contribution in [2.24, 2.45) is 0 Å². The summed E-state index contributed by atoms with van der Waals surface area (Å²) in [6, 6.07) is 2.53. The van der Waals surface area contributed by atoms with E-state index in [9.17, 15) is 0 Å². The molecule has 1 fully saturated rings. The van der Waals surface area contributed by atoms with Crippen LogP contribution < -0.4 is 5.32 Å². The first-order chi connectivity index (χ1) is 9.58. The molecule has 112 valence electrons. The first kappa shape index (κ1) is 15.2. The molecule has 1 aromatic rings. The number of nitrogens with one attached hydrogen (secondary N) is 1. The fourth-order valence-electron chi connectivity index (χ4n) is 2.60. The summed E-state index contributed by atoms with van der Waals surface area (Å²) in [5, 5.41) is 3.36. The van der Waals surface area contributed by atoms with E-state index < -0.39 is 0 Å². The number of rotatable bonds is 5. The SMILES string of the molecule is CCCNc1cc(C)nc(CC2CN(C)CCN2C)n1. The lowest BCUT2D eigenvalue weighted by molar-refractivity contribution is 0.113. The van der Waals surface area contributed by atoms with Crippen LogP contribution in [-0.4, -0.2) is 66.1 Å². The van der Waals surface area contributed by atoms with Crippen molar-refractivity contribution in [3.05, 3.63) is 17.6 Å². The van der Waals surface area contributed by atoms with Crippen LogP contribution in [0, 0.1) is 6.92 Å². The predicted molar refractivity (Wildman–Crippen MR) is 83.2 cm³/mol. The molecule has 0 saturated carbocycles. The first-order valence-electron chi connectivity index (χ1n) is 7.55. The predicted octanol–water partition coefficient (Wildman–Crippen LogP) is 1.40. The summed E-state index contributed by atoms with van der Waals surface area (Å²) in [6.45, 7) is 8.51. The average Bonchev–Trinajstić information content (AvgIpc) is 2.40. The minimum atomic E-state index is 0.509. The molecule has 20 heavy (non-hydrogen) atoms. The number of likely N-dealkylation sites (N-methyl/N-ethyl adjacent to an activating group) is 2. The van der Waals surface area contributed by atoms with Gasteiger partial charge < -0.3 is 15.1 Å². The molecule has 0 bridgehead atoms. The van der Waals surface area contributed by atoms with Gasteiger partial charge in [0.2, 0.25) is 0 Å². The maximum Gasteiger partial charge on any atom is 0.132 e. The molecule has 1 atom stereocenters. The summed E-state index contributed by atoms with van der Waals surface area (Å²) in [5.41, 5.74) is 1.04. The van der Waals surface area contributed by atoms with Gasteiger partial charge in [-0.25, -0.2) is 9.97 Å². The Morgan fingerprint density at radius 1 is 1.30 bits per heavy atom. The Kier molecular flexibility index (Phi) is 5.31. The largest absolute Gasteiger partial charge is 0.370 e. The molecule has 1 saturated heterocycles. The molecule has 1 aromatic heterocycles. The third-order valence-corrected chi connectivity index (χ3v) is 3.86. The van der Waals surface area contributed by atoms with Gasteiger partial charge in [0.15, 0.2) is 0 Å². The average molecular weight is 277 g/mol. The summed E-state index contributed by atoms with van der Waals surface area (Å²) in [5.74, 6) is 1.91. The topological polar surface area (TPSA) is 44.3 Å². The van der Waals surface area contributed by atoms with E-state index in [-0.39, 0.29) is 0 Å². The zero-order valence-electron chi connectivity index (χ0n) is 13.2. The van der Waals surface area contributed by atoms with Crippen molar-refractivity contribution in [1.82, 2.24) is 19.8 Å². The lowest BCUT2D eigenvalue weighted by Gasteiger charge is -2.37. The van der Waals surface area contributed by atoms with E-state index in [4.69, 9.17) is 0 Å². The molecule has 0 aromatic carbocycles. The molecule has 2 heterocycles. The second-order valence-corrected chi connectivity index (χ2v) is 5.84. The second kappa shape index (κ2) is 6.99.